The van der Waals surface area contributed by atoms with Crippen molar-refractivity contribution in [1.82, 2.24) is 15.2 Å². The van der Waals surface area contributed by atoms with Crippen LogP contribution in [0.5, 0.6) is 0 Å². The summed E-state index contributed by atoms with van der Waals surface area (Å²) in [6.07, 6.45) is 0. The maximum atomic E-state index is 13.1. The minimum absolute atomic E-state index is 0.276. The molecule has 0 radical (unpaired) electrons. The van der Waals surface area contributed by atoms with E-state index in [9.17, 15) is 4.39 Å². The summed E-state index contributed by atoms with van der Waals surface area (Å²) in [6, 6.07) is 25.6. The molecule has 0 saturated heterocycles. The SMILES string of the molecule is Fc1ccc(-c2ccc(Nc3ccc(-c4csc(-c5ccc(Cl)cc5)n4)cc3)nn2)cc1. The van der Waals surface area contributed by atoms with Crippen molar-refractivity contribution < 1.29 is 4.39 Å². The molecule has 0 aliphatic heterocycles. The Kier molecular flexibility index (Phi) is 5.62. The average Bonchev–Trinajstić information content (AvgIpc) is 3.31. The van der Waals surface area contributed by atoms with Crippen LogP contribution in [0.15, 0.2) is 90.3 Å². The second kappa shape index (κ2) is 8.86. The van der Waals surface area contributed by atoms with Gasteiger partial charge in [-0.25, -0.2) is 9.37 Å². The van der Waals surface area contributed by atoms with Gasteiger partial charge in [0.15, 0.2) is 5.82 Å². The standard InChI is InChI=1S/C25H16ClFN4S/c26-19-7-1-18(2-8-19)25-29-23(15-32-25)17-5-11-21(12-6-17)28-24-14-13-22(30-31-24)16-3-9-20(27)10-4-16/h1-15H,(H,28,31). The summed E-state index contributed by atoms with van der Waals surface area (Å²) >= 11 is 7.57. The predicted octanol–water partition coefficient (Wildman–Crippen LogP) is 7.47. The monoisotopic (exact) mass is 458 g/mol. The Balaban J connectivity index is 1.28. The Labute approximate surface area is 193 Å². The highest BCUT2D eigenvalue weighted by Gasteiger charge is 2.08. The van der Waals surface area contributed by atoms with Crippen molar-refractivity contribution in [3.8, 4) is 33.1 Å². The molecule has 0 aliphatic rings. The summed E-state index contributed by atoms with van der Waals surface area (Å²) in [5, 5.41) is 15.4. The molecule has 0 fully saturated rings. The minimum Gasteiger partial charge on any atom is -0.339 e. The van der Waals surface area contributed by atoms with Crippen LogP contribution >= 0.6 is 22.9 Å². The number of hydrogen-bond donors (Lipinski definition) is 1. The van der Waals surface area contributed by atoms with Crippen molar-refractivity contribution in [3.05, 3.63) is 101 Å². The van der Waals surface area contributed by atoms with E-state index in [1.807, 2.05) is 66.0 Å². The van der Waals surface area contributed by atoms with Crippen LogP contribution in [0.1, 0.15) is 0 Å². The van der Waals surface area contributed by atoms with Crippen LogP contribution in [0.3, 0.4) is 0 Å². The van der Waals surface area contributed by atoms with Crippen molar-refractivity contribution in [1.29, 1.82) is 0 Å². The smallest absolute Gasteiger partial charge is 0.153 e. The molecule has 7 heteroatoms. The summed E-state index contributed by atoms with van der Waals surface area (Å²) in [5.74, 6) is 0.351. The van der Waals surface area contributed by atoms with Crippen LogP contribution in [0, 0.1) is 5.82 Å². The van der Waals surface area contributed by atoms with Crippen molar-refractivity contribution in [2.45, 2.75) is 0 Å². The number of benzene rings is 3. The second-order valence-corrected chi connectivity index (χ2v) is 8.35. The lowest BCUT2D eigenvalue weighted by atomic mass is 10.1. The molecule has 156 valence electrons. The first-order valence-electron chi connectivity index (χ1n) is 9.83. The van der Waals surface area contributed by atoms with E-state index in [-0.39, 0.29) is 5.82 Å². The fraction of sp³-hybridized carbons (Fsp3) is 0. The van der Waals surface area contributed by atoms with Crippen LogP contribution in [0.2, 0.25) is 5.02 Å². The number of nitrogens with one attached hydrogen (secondary N) is 1. The average molecular weight is 459 g/mol. The van der Waals surface area contributed by atoms with E-state index < -0.39 is 0 Å². The predicted molar refractivity (Wildman–Crippen MR) is 129 cm³/mol. The van der Waals surface area contributed by atoms with Crippen LogP contribution in [-0.4, -0.2) is 15.2 Å². The molecule has 2 heterocycles. The first-order chi connectivity index (χ1) is 15.6. The maximum Gasteiger partial charge on any atom is 0.153 e. The van der Waals surface area contributed by atoms with Gasteiger partial charge < -0.3 is 5.32 Å². The first-order valence-corrected chi connectivity index (χ1v) is 11.1. The third-order valence-electron chi connectivity index (χ3n) is 4.85. The number of anilines is 2. The molecule has 0 saturated carbocycles. The van der Waals surface area contributed by atoms with Gasteiger partial charge in [-0.15, -0.1) is 21.5 Å². The van der Waals surface area contributed by atoms with Gasteiger partial charge >= 0.3 is 0 Å². The number of nitrogens with zero attached hydrogens (tertiary/aromatic N) is 3. The third-order valence-corrected chi connectivity index (χ3v) is 6.00. The number of halogens is 2. The summed E-state index contributed by atoms with van der Waals surface area (Å²) in [5.41, 5.74) is 5.40. The van der Waals surface area contributed by atoms with E-state index in [0.717, 1.165) is 33.1 Å². The zero-order chi connectivity index (χ0) is 21.9. The number of rotatable bonds is 5. The second-order valence-electron chi connectivity index (χ2n) is 7.06. The van der Waals surface area contributed by atoms with Crippen LogP contribution in [0.4, 0.5) is 15.9 Å². The third kappa shape index (κ3) is 4.51. The summed E-state index contributed by atoms with van der Waals surface area (Å²) < 4.78 is 13.1. The van der Waals surface area contributed by atoms with Crippen LogP contribution in [-0.2, 0) is 0 Å². The van der Waals surface area contributed by atoms with Gasteiger partial charge in [-0.05, 0) is 60.7 Å². The quantitative estimate of drug-likeness (QED) is 0.297. The molecular weight excluding hydrogens is 443 g/mol. The summed E-state index contributed by atoms with van der Waals surface area (Å²) in [7, 11) is 0. The molecule has 2 aromatic heterocycles. The van der Waals surface area contributed by atoms with Gasteiger partial charge in [0.25, 0.3) is 0 Å². The van der Waals surface area contributed by atoms with E-state index in [1.165, 1.54) is 12.1 Å². The van der Waals surface area contributed by atoms with Crippen molar-refractivity contribution in [2.75, 3.05) is 5.32 Å². The largest absolute Gasteiger partial charge is 0.339 e. The Morgan fingerprint density at radius 3 is 2.03 bits per heavy atom. The molecule has 5 aromatic rings. The van der Waals surface area contributed by atoms with Crippen molar-refractivity contribution in [3.63, 3.8) is 0 Å². The van der Waals surface area contributed by atoms with E-state index in [2.05, 4.69) is 15.5 Å². The molecule has 4 nitrogen and oxygen atoms in total. The van der Waals surface area contributed by atoms with Gasteiger partial charge in [0.1, 0.15) is 10.8 Å². The van der Waals surface area contributed by atoms with Crippen molar-refractivity contribution >= 4 is 34.4 Å². The lowest BCUT2D eigenvalue weighted by Crippen LogP contribution is -1.96. The molecule has 0 bridgehead atoms. The molecule has 32 heavy (non-hydrogen) atoms. The van der Waals surface area contributed by atoms with E-state index >= 15 is 0 Å². The Morgan fingerprint density at radius 1 is 0.688 bits per heavy atom. The number of hydrogen-bond acceptors (Lipinski definition) is 5. The topological polar surface area (TPSA) is 50.7 Å². The van der Waals surface area contributed by atoms with E-state index in [4.69, 9.17) is 16.6 Å². The highest BCUT2D eigenvalue weighted by Crippen LogP contribution is 2.30. The summed E-state index contributed by atoms with van der Waals surface area (Å²) in [4.78, 5) is 4.75. The maximum absolute atomic E-state index is 13.1. The van der Waals surface area contributed by atoms with E-state index in [0.29, 0.717) is 16.5 Å². The zero-order valence-corrected chi connectivity index (χ0v) is 18.2. The fourth-order valence-corrected chi connectivity index (χ4v) is 4.14. The Hall–Kier alpha value is -3.61. The summed E-state index contributed by atoms with van der Waals surface area (Å²) in [6.45, 7) is 0. The Morgan fingerprint density at radius 2 is 1.34 bits per heavy atom. The fourth-order valence-electron chi connectivity index (χ4n) is 3.18. The molecule has 3 aromatic carbocycles. The molecule has 0 aliphatic carbocycles. The molecule has 0 spiro atoms. The van der Waals surface area contributed by atoms with Gasteiger partial charge in [0.2, 0.25) is 0 Å². The first kappa shape index (κ1) is 20.3. The van der Waals surface area contributed by atoms with Gasteiger partial charge in [-0.2, -0.15) is 0 Å². The molecular formula is C25H16ClFN4S. The number of thiazole rings is 1. The van der Waals surface area contributed by atoms with Gasteiger partial charge in [-0.3, -0.25) is 0 Å². The number of aromatic nitrogens is 3. The molecule has 0 atom stereocenters. The highest BCUT2D eigenvalue weighted by atomic mass is 35.5. The van der Waals surface area contributed by atoms with Gasteiger partial charge in [-0.1, -0.05) is 35.9 Å². The van der Waals surface area contributed by atoms with E-state index in [1.54, 1.807) is 23.5 Å². The lowest BCUT2D eigenvalue weighted by molar-refractivity contribution is 0.628. The normalized spacial score (nSPS) is 10.8. The zero-order valence-electron chi connectivity index (χ0n) is 16.7. The molecule has 0 unspecified atom stereocenters. The van der Waals surface area contributed by atoms with Gasteiger partial charge in [0, 0.05) is 32.8 Å². The highest BCUT2D eigenvalue weighted by molar-refractivity contribution is 7.13. The van der Waals surface area contributed by atoms with Crippen LogP contribution in [0.25, 0.3) is 33.1 Å². The molecule has 1 N–H and O–H groups in total. The minimum atomic E-state index is -0.276. The molecule has 0 amide bonds. The van der Waals surface area contributed by atoms with Crippen molar-refractivity contribution in [2.24, 2.45) is 0 Å². The molecule has 5 rings (SSSR count). The Bertz CT molecular complexity index is 1330. The van der Waals surface area contributed by atoms with Gasteiger partial charge in [0.05, 0.1) is 11.4 Å². The lowest BCUT2D eigenvalue weighted by Gasteiger charge is -2.07. The van der Waals surface area contributed by atoms with Crippen LogP contribution < -0.4 is 5.32 Å².